The molecule has 0 unspecified atom stereocenters. The summed E-state index contributed by atoms with van der Waals surface area (Å²) in [4.78, 5) is 31.6. The minimum atomic E-state index is -0.327. The lowest BCUT2D eigenvalue weighted by Crippen LogP contribution is -2.44. The maximum atomic E-state index is 12.8. The third-order valence-corrected chi connectivity index (χ3v) is 4.60. The molecule has 1 aliphatic heterocycles. The van der Waals surface area contributed by atoms with Gasteiger partial charge in [0.05, 0.1) is 19.4 Å². The lowest BCUT2D eigenvalue weighted by Gasteiger charge is -2.34. The third kappa shape index (κ3) is 3.43. The molecule has 25 heavy (non-hydrogen) atoms. The van der Waals surface area contributed by atoms with Crippen molar-refractivity contribution in [2.45, 2.75) is 31.3 Å². The van der Waals surface area contributed by atoms with E-state index in [-0.39, 0.29) is 11.9 Å². The number of rotatable bonds is 4. The number of ether oxygens (including phenoxy) is 1. The van der Waals surface area contributed by atoms with Gasteiger partial charge in [-0.3, -0.25) is 9.78 Å². The second-order valence-corrected chi connectivity index (χ2v) is 6.25. The van der Waals surface area contributed by atoms with Gasteiger partial charge in [-0.25, -0.2) is 15.0 Å². The highest BCUT2D eigenvalue weighted by Gasteiger charge is 2.32. The quantitative estimate of drug-likeness (QED) is 0.900. The predicted octanol–water partition coefficient (Wildman–Crippen LogP) is 1.44. The first-order valence-electron chi connectivity index (χ1n) is 8.55. The highest BCUT2D eigenvalue weighted by Crippen LogP contribution is 2.25. The highest BCUT2D eigenvalue weighted by molar-refractivity contribution is 5.92. The molecule has 8 nitrogen and oxygen atoms in total. The molecular formula is C17H20N6O2. The van der Waals surface area contributed by atoms with Crippen LogP contribution in [0.1, 0.15) is 41.6 Å². The lowest BCUT2D eigenvalue weighted by atomic mass is 9.93. The lowest BCUT2D eigenvalue weighted by molar-refractivity contribution is -0.00552. The topological polar surface area (TPSA) is 93.1 Å². The van der Waals surface area contributed by atoms with Crippen LogP contribution in [0, 0.1) is 0 Å². The van der Waals surface area contributed by atoms with E-state index in [2.05, 4.69) is 25.3 Å². The number of carbonyl (C=O) groups excluding carboxylic acids is 1. The first-order valence-corrected chi connectivity index (χ1v) is 8.55. The Labute approximate surface area is 145 Å². The largest absolute Gasteiger partial charge is 0.377 e. The summed E-state index contributed by atoms with van der Waals surface area (Å²) in [5.41, 5.74) is 0.318. The molecule has 2 aliphatic rings. The van der Waals surface area contributed by atoms with E-state index in [1.807, 2.05) is 6.07 Å². The average Bonchev–Trinajstić information content (AvgIpc) is 2.65. The summed E-state index contributed by atoms with van der Waals surface area (Å²) in [5.74, 6) is 1.20. The summed E-state index contributed by atoms with van der Waals surface area (Å²) in [6, 6.07) is 2.02. The molecule has 0 radical (unpaired) electrons. The van der Waals surface area contributed by atoms with Gasteiger partial charge in [0.25, 0.3) is 5.91 Å². The Bertz CT molecular complexity index is 737. The SMILES string of the molecule is O=C(c1cnccn1)N1CCOC[C@@H]1c1nccc(NC2CCC2)n1. The number of amides is 1. The van der Waals surface area contributed by atoms with Crippen LogP contribution in [-0.2, 0) is 4.74 Å². The van der Waals surface area contributed by atoms with Gasteiger partial charge in [-0.05, 0) is 25.3 Å². The van der Waals surface area contributed by atoms with E-state index < -0.39 is 0 Å². The van der Waals surface area contributed by atoms with E-state index in [9.17, 15) is 4.79 Å². The van der Waals surface area contributed by atoms with Crippen LogP contribution in [-0.4, -0.2) is 56.5 Å². The summed E-state index contributed by atoms with van der Waals surface area (Å²) < 4.78 is 5.58. The number of morpholine rings is 1. The van der Waals surface area contributed by atoms with Gasteiger partial charge < -0.3 is 15.0 Å². The van der Waals surface area contributed by atoms with Crippen molar-refractivity contribution in [1.82, 2.24) is 24.8 Å². The fourth-order valence-corrected chi connectivity index (χ4v) is 2.99. The Morgan fingerprint density at radius 3 is 2.92 bits per heavy atom. The van der Waals surface area contributed by atoms with Crippen molar-refractivity contribution < 1.29 is 9.53 Å². The Morgan fingerprint density at radius 1 is 1.24 bits per heavy atom. The van der Waals surface area contributed by atoms with Gasteiger partial charge in [-0.2, -0.15) is 0 Å². The van der Waals surface area contributed by atoms with E-state index >= 15 is 0 Å². The summed E-state index contributed by atoms with van der Waals surface area (Å²) in [5, 5.41) is 3.42. The minimum absolute atomic E-state index is 0.178. The molecule has 1 N–H and O–H groups in total. The summed E-state index contributed by atoms with van der Waals surface area (Å²) in [7, 11) is 0. The van der Waals surface area contributed by atoms with Crippen LogP contribution in [0.25, 0.3) is 0 Å². The van der Waals surface area contributed by atoms with Crippen molar-refractivity contribution >= 4 is 11.7 Å². The van der Waals surface area contributed by atoms with Gasteiger partial charge in [0.15, 0.2) is 5.82 Å². The molecule has 130 valence electrons. The zero-order chi connectivity index (χ0) is 17.1. The van der Waals surface area contributed by atoms with E-state index in [1.54, 1.807) is 17.3 Å². The van der Waals surface area contributed by atoms with Crippen molar-refractivity contribution in [1.29, 1.82) is 0 Å². The molecule has 8 heteroatoms. The predicted molar refractivity (Wildman–Crippen MR) is 89.9 cm³/mol. The number of hydrogen-bond acceptors (Lipinski definition) is 7. The fourth-order valence-electron chi connectivity index (χ4n) is 2.99. The van der Waals surface area contributed by atoms with Crippen molar-refractivity contribution in [2.24, 2.45) is 0 Å². The third-order valence-electron chi connectivity index (χ3n) is 4.60. The van der Waals surface area contributed by atoms with Gasteiger partial charge in [0.1, 0.15) is 17.6 Å². The van der Waals surface area contributed by atoms with E-state index in [4.69, 9.17) is 4.74 Å². The molecule has 1 saturated heterocycles. The van der Waals surface area contributed by atoms with Gasteiger partial charge in [0.2, 0.25) is 0 Å². The molecule has 4 rings (SSSR count). The number of anilines is 1. The van der Waals surface area contributed by atoms with E-state index in [0.29, 0.717) is 37.3 Å². The van der Waals surface area contributed by atoms with Crippen molar-refractivity contribution in [3.63, 3.8) is 0 Å². The number of nitrogens with one attached hydrogen (secondary N) is 1. The summed E-state index contributed by atoms with van der Waals surface area (Å²) in [6.45, 7) is 1.34. The number of carbonyl (C=O) groups is 1. The normalized spacial score (nSPS) is 20.8. The van der Waals surface area contributed by atoms with Crippen LogP contribution in [0.2, 0.25) is 0 Å². The summed E-state index contributed by atoms with van der Waals surface area (Å²) >= 11 is 0. The first-order chi connectivity index (χ1) is 12.3. The van der Waals surface area contributed by atoms with E-state index in [0.717, 1.165) is 5.82 Å². The molecule has 2 aromatic heterocycles. The van der Waals surface area contributed by atoms with Gasteiger partial charge >= 0.3 is 0 Å². The number of nitrogens with zero attached hydrogens (tertiary/aromatic N) is 5. The maximum absolute atomic E-state index is 12.8. The molecule has 0 spiro atoms. The van der Waals surface area contributed by atoms with E-state index in [1.165, 1.54) is 31.7 Å². The molecule has 1 aliphatic carbocycles. The van der Waals surface area contributed by atoms with Gasteiger partial charge in [-0.1, -0.05) is 0 Å². The van der Waals surface area contributed by atoms with Crippen molar-refractivity contribution in [3.8, 4) is 0 Å². The molecule has 1 saturated carbocycles. The van der Waals surface area contributed by atoms with Gasteiger partial charge in [-0.15, -0.1) is 0 Å². The standard InChI is InChI=1S/C17H20N6O2/c24-17(13-10-18-6-7-19-13)23-8-9-25-11-14(23)16-20-5-4-15(22-16)21-12-2-1-3-12/h4-7,10,12,14H,1-3,8-9,11H2,(H,20,21,22)/t14-/m1/s1. The smallest absolute Gasteiger partial charge is 0.274 e. The summed E-state index contributed by atoms with van der Waals surface area (Å²) in [6.07, 6.45) is 9.86. The molecular weight excluding hydrogens is 320 g/mol. The first kappa shape index (κ1) is 15.9. The molecule has 1 atom stereocenters. The Balaban J connectivity index is 1.56. The highest BCUT2D eigenvalue weighted by atomic mass is 16.5. The second kappa shape index (κ2) is 7.10. The maximum Gasteiger partial charge on any atom is 0.274 e. The van der Waals surface area contributed by atoms with Gasteiger partial charge in [0, 0.05) is 31.2 Å². The van der Waals surface area contributed by atoms with Crippen molar-refractivity contribution in [3.05, 3.63) is 42.4 Å². The van der Waals surface area contributed by atoms with Crippen LogP contribution < -0.4 is 5.32 Å². The van der Waals surface area contributed by atoms with Crippen LogP contribution >= 0.6 is 0 Å². The second-order valence-electron chi connectivity index (χ2n) is 6.25. The molecule has 3 heterocycles. The fraction of sp³-hybridized carbons (Fsp3) is 0.471. The van der Waals surface area contributed by atoms with Crippen LogP contribution in [0.15, 0.2) is 30.9 Å². The molecule has 0 aromatic carbocycles. The minimum Gasteiger partial charge on any atom is -0.377 e. The Hall–Kier alpha value is -2.61. The van der Waals surface area contributed by atoms with Crippen LogP contribution in [0.4, 0.5) is 5.82 Å². The Morgan fingerprint density at radius 2 is 2.16 bits per heavy atom. The van der Waals surface area contributed by atoms with Crippen molar-refractivity contribution in [2.75, 3.05) is 25.1 Å². The number of hydrogen-bond donors (Lipinski definition) is 1. The van der Waals surface area contributed by atoms with Crippen LogP contribution in [0.5, 0.6) is 0 Å². The zero-order valence-corrected chi connectivity index (χ0v) is 13.8. The monoisotopic (exact) mass is 340 g/mol. The molecule has 2 fully saturated rings. The molecule has 0 bridgehead atoms. The molecule has 1 amide bonds. The molecule has 2 aromatic rings. The number of aromatic nitrogens is 4. The zero-order valence-electron chi connectivity index (χ0n) is 13.8. The van der Waals surface area contributed by atoms with Crippen LogP contribution in [0.3, 0.4) is 0 Å². The Kier molecular flexibility index (Phi) is 4.51. The average molecular weight is 340 g/mol.